The van der Waals surface area contributed by atoms with Crippen LogP contribution in [0.3, 0.4) is 0 Å². The van der Waals surface area contributed by atoms with Crippen LogP contribution in [-0.2, 0) is 0 Å². The number of aliphatic hydroxyl groups is 1. The molecule has 2 aromatic carbocycles. The lowest BCUT2D eigenvalue weighted by atomic mass is 10.1. The lowest BCUT2D eigenvalue weighted by molar-refractivity contribution is 0.229. The summed E-state index contributed by atoms with van der Waals surface area (Å²) in [6.45, 7) is 3.59. The van der Waals surface area contributed by atoms with E-state index in [1.807, 2.05) is 42.5 Å². The van der Waals surface area contributed by atoms with Crippen LogP contribution in [0.4, 0.5) is 0 Å². The van der Waals surface area contributed by atoms with E-state index < -0.39 is 6.10 Å². The molecule has 2 heteroatoms. The van der Waals surface area contributed by atoms with E-state index in [1.54, 1.807) is 0 Å². The second-order valence-corrected chi connectivity index (χ2v) is 4.03. The third-order valence-corrected chi connectivity index (χ3v) is 2.97. The van der Waals surface area contributed by atoms with Crippen LogP contribution < -0.4 is 0 Å². The fraction of sp³-hybridized carbons (Fsp3) is 0.0667. The molecule has 3 aromatic rings. The van der Waals surface area contributed by atoms with Gasteiger partial charge in [0.2, 0.25) is 0 Å². The summed E-state index contributed by atoms with van der Waals surface area (Å²) >= 11 is 0. The van der Waals surface area contributed by atoms with Crippen LogP contribution in [0.2, 0.25) is 0 Å². The molecular weight excluding hydrogens is 212 g/mol. The number of rotatable bonds is 2. The van der Waals surface area contributed by atoms with Gasteiger partial charge in [0.25, 0.3) is 0 Å². The Bertz CT molecular complexity index is 694. The second kappa shape index (κ2) is 3.75. The number of hydrogen-bond acceptors (Lipinski definition) is 2. The standard InChI is InChI=1S/C15H12O2/c1-2-13(16)10-7-8-15-12(9-10)11-5-3-4-6-14(11)17-15/h2-9,13,16H,1H2. The molecule has 0 spiro atoms. The molecule has 0 saturated heterocycles. The van der Waals surface area contributed by atoms with Gasteiger partial charge in [0.05, 0.1) is 6.10 Å². The van der Waals surface area contributed by atoms with Gasteiger partial charge in [-0.1, -0.05) is 30.3 Å². The minimum Gasteiger partial charge on any atom is -0.456 e. The van der Waals surface area contributed by atoms with Crippen LogP contribution in [0.25, 0.3) is 21.9 Å². The normalized spacial score (nSPS) is 13.0. The predicted octanol–water partition coefficient (Wildman–Crippen LogP) is 3.81. The van der Waals surface area contributed by atoms with Gasteiger partial charge in [-0.2, -0.15) is 0 Å². The first-order valence-corrected chi connectivity index (χ1v) is 5.51. The van der Waals surface area contributed by atoms with Gasteiger partial charge in [0.1, 0.15) is 11.2 Å². The van der Waals surface area contributed by atoms with Crippen molar-refractivity contribution in [3.63, 3.8) is 0 Å². The Morgan fingerprint density at radius 2 is 1.82 bits per heavy atom. The minimum absolute atomic E-state index is 0.631. The van der Waals surface area contributed by atoms with Crippen LogP contribution in [0, 0.1) is 0 Å². The van der Waals surface area contributed by atoms with Crippen molar-refractivity contribution >= 4 is 21.9 Å². The highest BCUT2D eigenvalue weighted by Crippen LogP contribution is 2.30. The van der Waals surface area contributed by atoms with Crippen molar-refractivity contribution in [1.29, 1.82) is 0 Å². The smallest absolute Gasteiger partial charge is 0.135 e. The zero-order valence-electron chi connectivity index (χ0n) is 9.26. The van der Waals surface area contributed by atoms with Gasteiger partial charge in [-0.25, -0.2) is 0 Å². The van der Waals surface area contributed by atoms with E-state index in [-0.39, 0.29) is 0 Å². The highest BCUT2D eigenvalue weighted by atomic mass is 16.3. The maximum atomic E-state index is 9.75. The van der Waals surface area contributed by atoms with Gasteiger partial charge in [-0.15, -0.1) is 6.58 Å². The van der Waals surface area contributed by atoms with E-state index in [0.717, 1.165) is 27.5 Å². The van der Waals surface area contributed by atoms with Gasteiger partial charge in [-0.3, -0.25) is 0 Å². The Labute approximate surface area is 98.8 Å². The average molecular weight is 224 g/mol. The van der Waals surface area contributed by atoms with Gasteiger partial charge >= 0.3 is 0 Å². The minimum atomic E-state index is -0.631. The fourth-order valence-corrected chi connectivity index (χ4v) is 2.06. The monoisotopic (exact) mass is 224 g/mol. The Morgan fingerprint density at radius 3 is 2.65 bits per heavy atom. The molecule has 84 valence electrons. The van der Waals surface area contributed by atoms with Crippen molar-refractivity contribution < 1.29 is 9.52 Å². The molecule has 1 unspecified atom stereocenters. The summed E-state index contributed by atoms with van der Waals surface area (Å²) < 4.78 is 5.71. The molecule has 1 heterocycles. The number of aliphatic hydroxyl groups excluding tert-OH is 1. The van der Waals surface area contributed by atoms with E-state index in [0.29, 0.717) is 0 Å². The quantitative estimate of drug-likeness (QED) is 0.671. The molecule has 17 heavy (non-hydrogen) atoms. The summed E-state index contributed by atoms with van der Waals surface area (Å²) in [6.07, 6.45) is 0.886. The molecule has 0 bridgehead atoms. The summed E-state index contributed by atoms with van der Waals surface area (Å²) in [5.74, 6) is 0. The number of furan rings is 1. The summed E-state index contributed by atoms with van der Waals surface area (Å²) in [5, 5.41) is 11.8. The van der Waals surface area contributed by atoms with Gasteiger partial charge in [0, 0.05) is 10.8 Å². The van der Waals surface area contributed by atoms with Crippen LogP contribution in [0.5, 0.6) is 0 Å². The van der Waals surface area contributed by atoms with Crippen LogP contribution >= 0.6 is 0 Å². The summed E-state index contributed by atoms with van der Waals surface area (Å²) in [5.41, 5.74) is 2.54. The highest BCUT2D eigenvalue weighted by molar-refractivity contribution is 6.05. The third kappa shape index (κ3) is 1.54. The SMILES string of the molecule is C=CC(O)c1ccc2oc3ccccc3c2c1. The van der Waals surface area contributed by atoms with Crippen molar-refractivity contribution in [2.45, 2.75) is 6.10 Å². The number of benzene rings is 2. The lowest BCUT2D eigenvalue weighted by Crippen LogP contribution is -1.91. The van der Waals surface area contributed by atoms with E-state index in [1.165, 1.54) is 6.08 Å². The second-order valence-electron chi connectivity index (χ2n) is 4.03. The van der Waals surface area contributed by atoms with Crippen LogP contribution in [0.15, 0.2) is 59.5 Å². The zero-order chi connectivity index (χ0) is 11.8. The molecule has 0 saturated carbocycles. The maximum Gasteiger partial charge on any atom is 0.135 e. The first kappa shape index (κ1) is 10.1. The first-order chi connectivity index (χ1) is 8.29. The fourth-order valence-electron chi connectivity index (χ4n) is 2.06. The average Bonchev–Trinajstić information content (AvgIpc) is 2.75. The molecular formula is C15H12O2. The van der Waals surface area contributed by atoms with Gasteiger partial charge in [-0.05, 0) is 23.8 Å². The molecule has 0 aliphatic heterocycles. The summed E-state index contributed by atoms with van der Waals surface area (Å²) in [7, 11) is 0. The van der Waals surface area contributed by atoms with Crippen molar-refractivity contribution in [2.24, 2.45) is 0 Å². The number of hydrogen-bond donors (Lipinski definition) is 1. The summed E-state index contributed by atoms with van der Waals surface area (Å²) in [6, 6.07) is 13.6. The van der Waals surface area contributed by atoms with E-state index in [4.69, 9.17) is 4.42 Å². The van der Waals surface area contributed by atoms with Crippen LogP contribution in [0.1, 0.15) is 11.7 Å². The molecule has 0 fully saturated rings. The maximum absolute atomic E-state index is 9.75. The summed E-state index contributed by atoms with van der Waals surface area (Å²) in [4.78, 5) is 0. The lowest BCUT2D eigenvalue weighted by Gasteiger charge is -2.04. The molecule has 2 nitrogen and oxygen atoms in total. The molecule has 0 aliphatic rings. The van der Waals surface area contributed by atoms with Crippen molar-refractivity contribution in [3.05, 3.63) is 60.7 Å². The topological polar surface area (TPSA) is 33.4 Å². The van der Waals surface area contributed by atoms with Gasteiger partial charge < -0.3 is 9.52 Å². The largest absolute Gasteiger partial charge is 0.456 e. The van der Waals surface area contributed by atoms with E-state index >= 15 is 0 Å². The zero-order valence-corrected chi connectivity index (χ0v) is 9.26. The van der Waals surface area contributed by atoms with Crippen molar-refractivity contribution in [3.8, 4) is 0 Å². The molecule has 1 aromatic heterocycles. The Kier molecular flexibility index (Phi) is 2.23. The van der Waals surface area contributed by atoms with Crippen molar-refractivity contribution in [2.75, 3.05) is 0 Å². The number of fused-ring (bicyclic) bond motifs is 3. The molecule has 1 atom stereocenters. The number of para-hydroxylation sites is 1. The first-order valence-electron chi connectivity index (χ1n) is 5.51. The van der Waals surface area contributed by atoms with Crippen molar-refractivity contribution in [1.82, 2.24) is 0 Å². The molecule has 0 aliphatic carbocycles. The molecule has 3 rings (SSSR count). The third-order valence-electron chi connectivity index (χ3n) is 2.97. The predicted molar refractivity (Wildman–Crippen MR) is 68.9 cm³/mol. The van der Waals surface area contributed by atoms with Gasteiger partial charge in [0.15, 0.2) is 0 Å². The van der Waals surface area contributed by atoms with E-state index in [9.17, 15) is 5.11 Å². The van der Waals surface area contributed by atoms with Crippen LogP contribution in [-0.4, -0.2) is 5.11 Å². The van der Waals surface area contributed by atoms with E-state index in [2.05, 4.69) is 6.58 Å². The molecule has 0 amide bonds. The highest BCUT2D eigenvalue weighted by Gasteiger charge is 2.09. The molecule has 1 N–H and O–H groups in total. The Hall–Kier alpha value is -2.06. The Morgan fingerprint density at radius 1 is 1.06 bits per heavy atom. The Balaban J connectivity index is 2.33. The molecule has 0 radical (unpaired) electrons.